The molecule has 1 atom stereocenters. The Labute approximate surface area is 86.7 Å². The van der Waals surface area contributed by atoms with Gasteiger partial charge in [-0.15, -0.1) is 0 Å². The van der Waals surface area contributed by atoms with Crippen LogP contribution in [0, 0.1) is 6.07 Å². The molecule has 14 heavy (non-hydrogen) atoms. The predicted molar refractivity (Wildman–Crippen MR) is 59.3 cm³/mol. The lowest BCUT2D eigenvalue weighted by Gasteiger charge is -2.32. The SMILES string of the molecule is CN1CCCCC1Cc1cc[c]cc1. The van der Waals surface area contributed by atoms with Crippen LogP contribution in [0.2, 0.25) is 0 Å². The third-order valence-electron chi connectivity index (χ3n) is 3.18. The van der Waals surface area contributed by atoms with Gasteiger partial charge in [-0.2, -0.15) is 0 Å². The molecule has 0 saturated carbocycles. The van der Waals surface area contributed by atoms with E-state index in [1.54, 1.807) is 0 Å². The molecule has 1 aromatic carbocycles. The van der Waals surface area contributed by atoms with Crippen molar-refractivity contribution in [1.29, 1.82) is 0 Å². The van der Waals surface area contributed by atoms with Crippen LogP contribution in [0.15, 0.2) is 24.3 Å². The molecular weight excluding hydrogens is 170 g/mol. The summed E-state index contributed by atoms with van der Waals surface area (Å²) in [4.78, 5) is 2.50. The van der Waals surface area contributed by atoms with Crippen LogP contribution in [0.1, 0.15) is 24.8 Å². The lowest BCUT2D eigenvalue weighted by atomic mass is 9.96. The van der Waals surface area contributed by atoms with Crippen molar-refractivity contribution in [2.75, 3.05) is 13.6 Å². The maximum Gasteiger partial charge on any atom is 0.0133 e. The molecule has 1 heterocycles. The number of hydrogen-bond donors (Lipinski definition) is 0. The lowest BCUT2D eigenvalue weighted by Crippen LogP contribution is -2.37. The number of hydrogen-bond acceptors (Lipinski definition) is 1. The number of piperidine rings is 1. The van der Waals surface area contributed by atoms with E-state index in [0.717, 1.165) is 6.04 Å². The lowest BCUT2D eigenvalue weighted by molar-refractivity contribution is 0.184. The fourth-order valence-electron chi connectivity index (χ4n) is 2.23. The highest BCUT2D eigenvalue weighted by Crippen LogP contribution is 2.18. The summed E-state index contributed by atoms with van der Waals surface area (Å²) in [6.07, 6.45) is 5.32. The summed E-state index contributed by atoms with van der Waals surface area (Å²) in [7, 11) is 2.25. The predicted octanol–water partition coefficient (Wildman–Crippen LogP) is 2.51. The van der Waals surface area contributed by atoms with Crippen LogP contribution in [0.3, 0.4) is 0 Å². The van der Waals surface area contributed by atoms with Gasteiger partial charge in [0.25, 0.3) is 0 Å². The van der Waals surface area contributed by atoms with Gasteiger partial charge in [-0.1, -0.05) is 30.7 Å². The molecule has 0 bridgehead atoms. The van der Waals surface area contributed by atoms with Crippen LogP contribution in [-0.4, -0.2) is 24.5 Å². The van der Waals surface area contributed by atoms with Crippen LogP contribution < -0.4 is 0 Å². The van der Waals surface area contributed by atoms with E-state index in [4.69, 9.17) is 0 Å². The Bertz CT molecular complexity index is 268. The quantitative estimate of drug-likeness (QED) is 0.689. The molecule has 1 nitrogen and oxygen atoms in total. The molecule has 1 saturated heterocycles. The summed E-state index contributed by atoms with van der Waals surface area (Å²) in [5, 5.41) is 0. The second-order valence-electron chi connectivity index (χ2n) is 4.24. The maximum absolute atomic E-state index is 3.07. The summed E-state index contributed by atoms with van der Waals surface area (Å²) < 4.78 is 0. The first-order chi connectivity index (χ1) is 6.86. The molecule has 0 aromatic heterocycles. The first-order valence-corrected chi connectivity index (χ1v) is 5.51. The molecule has 75 valence electrons. The normalized spacial score (nSPS) is 23.6. The molecule has 1 radical (unpaired) electrons. The van der Waals surface area contributed by atoms with Gasteiger partial charge in [-0.05, 0) is 44.5 Å². The topological polar surface area (TPSA) is 3.24 Å². The molecule has 1 fully saturated rings. The molecule has 1 unspecified atom stereocenters. The second-order valence-corrected chi connectivity index (χ2v) is 4.24. The van der Waals surface area contributed by atoms with E-state index >= 15 is 0 Å². The van der Waals surface area contributed by atoms with Gasteiger partial charge in [-0.25, -0.2) is 0 Å². The zero-order chi connectivity index (χ0) is 9.80. The van der Waals surface area contributed by atoms with Gasteiger partial charge in [0.05, 0.1) is 0 Å². The van der Waals surface area contributed by atoms with Crippen molar-refractivity contribution in [2.24, 2.45) is 0 Å². The molecule has 0 N–H and O–H groups in total. The van der Waals surface area contributed by atoms with Crippen molar-refractivity contribution in [1.82, 2.24) is 4.90 Å². The van der Waals surface area contributed by atoms with Crippen LogP contribution in [0.25, 0.3) is 0 Å². The summed E-state index contributed by atoms with van der Waals surface area (Å²) in [5.41, 5.74) is 1.45. The van der Waals surface area contributed by atoms with Gasteiger partial charge >= 0.3 is 0 Å². The Kier molecular flexibility index (Phi) is 3.20. The molecule has 2 rings (SSSR count). The minimum atomic E-state index is 0.756. The van der Waals surface area contributed by atoms with E-state index in [0.29, 0.717) is 0 Å². The smallest absolute Gasteiger partial charge is 0.0133 e. The zero-order valence-corrected chi connectivity index (χ0v) is 8.87. The van der Waals surface area contributed by atoms with Gasteiger partial charge in [-0.3, -0.25) is 0 Å². The van der Waals surface area contributed by atoms with Gasteiger partial charge in [0.15, 0.2) is 0 Å². The third-order valence-corrected chi connectivity index (χ3v) is 3.18. The number of rotatable bonds is 2. The van der Waals surface area contributed by atoms with Crippen LogP contribution >= 0.6 is 0 Å². The van der Waals surface area contributed by atoms with Crippen LogP contribution in [0.5, 0.6) is 0 Å². The van der Waals surface area contributed by atoms with Crippen molar-refractivity contribution in [3.05, 3.63) is 35.9 Å². The molecule has 0 spiro atoms. The van der Waals surface area contributed by atoms with Gasteiger partial charge in [0.1, 0.15) is 0 Å². The standard InChI is InChI=1S/C13H18N/c1-14-10-6-5-9-13(14)11-12-7-3-2-4-8-12/h3-4,7-8,13H,5-6,9-11H2,1H3. The Morgan fingerprint density at radius 2 is 2.14 bits per heavy atom. The van der Waals surface area contributed by atoms with E-state index in [2.05, 4.69) is 30.1 Å². The summed E-state index contributed by atoms with van der Waals surface area (Å²) in [6, 6.07) is 12.2. The number of likely N-dealkylation sites (tertiary alicyclic amines) is 1. The Balaban J connectivity index is 1.96. The minimum Gasteiger partial charge on any atom is -0.303 e. The average Bonchev–Trinajstić information content (AvgIpc) is 2.23. The minimum absolute atomic E-state index is 0.756. The Morgan fingerprint density at radius 3 is 2.86 bits per heavy atom. The second kappa shape index (κ2) is 4.61. The fraction of sp³-hybridized carbons (Fsp3) is 0.538. The Morgan fingerprint density at radius 1 is 1.36 bits per heavy atom. The number of likely N-dealkylation sites (N-methyl/N-ethyl adjacent to an activating group) is 1. The molecule has 0 amide bonds. The molecule has 1 heteroatoms. The van der Waals surface area contributed by atoms with E-state index in [9.17, 15) is 0 Å². The summed E-state index contributed by atoms with van der Waals surface area (Å²) in [5.74, 6) is 0. The number of benzene rings is 1. The first kappa shape index (κ1) is 9.72. The van der Waals surface area contributed by atoms with E-state index in [1.165, 1.54) is 37.8 Å². The van der Waals surface area contributed by atoms with Crippen molar-refractivity contribution in [3.63, 3.8) is 0 Å². The molecule has 1 aliphatic heterocycles. The highest BCUT2D eigenvalue weighted by molar-refractivity contribution is 5.15. The Hall–Kier alpha value is -0.820. The zero-order valence-electron chi connectivity index (χ0n) is 8.87. The van der Waals surface area contributed by atoms with E-state index < -0.39 is 0 Å². The number of nitrogens with zero attached hydrogens (tertiary/aromatic N) is 1. The highest BCUT2D eigenvalue weighted by atomic mass is 15.1. The fourth-order valence-corrected chi connectivity index (χ4v) is 2.23. The van der Waals surface area contributed by atoms with Crippen molar-refractivity contribution in [2.45, 2.75) is 31.7 Å². The molecule has 0 aliphatic carbocycles. The van der Waals surface area contributed by atoms with Crippen molar-refractivity contribution in [3.8, 4) is 0 Å². The average molecular weight is 188 g/mol. The van der Waals surface area contributed by atoms with E-state index in [-0.39, 0.29) is 0 Å². The van der Waals surface area contributed by atoms with Crippen LogP contribution in [-0.2, 0) is 6.42 Å². The maximum atomic E-state index is 3.07. The van der Waals surface area contributed by atoms with Crippen molar-refractivity contribution < 1.29 is 0 Å². The largest absolute Gasteiger partial charge is 0.303 e. The summed E-state index contributed by atoms with van der Waals surface area (Å²) in [6.45, 7) is 1.27. The summed E-state index contributed by atoms with van der Waals surface area (Å²) >= 11 is 0. The molecule has 1 aliphatic rings. The van der Waals surface area contributed by atoms with Gasteiger partial charge in [0, 0.05) is 6.04 Å². The highest BCUT2D eigenvalue weighted by Gasteiger charge is 2.18. The van der Waals surface area contributed by atoms with Crippen molar-refractivity contribution >= 4 is 0 Å². The van der Waals surface area contributed by atoms with E-state index in [1.807, 2.05) is 12.1 Å². The molecular formula is C13H18N. The van der Waals surface area contributed by atoms with Gasteiger partial charge < -0.3 is 4.90 Å². The first-order valence-electron chi connectivity index (χ1n) is 5.51. The van der Waals surface area contributed by atoms with Crippen LogP contribution in [0.4, 0.5) is 0 Å². The van der Waals surface area contributed by atoms with Gasteiger partial charge in [0.2, 0.25) is 0 Å². The molecule has 1 aromatic rings. The monoisotopic (exact) mass is 188 g/mol. The third kappa shape index (κ3) is 2.36.